The molecule has 1 aliphatic carbocycles. The summed E-state index contributed by atoms with van der Waals surface area (Å²) < 4.78 is 14.8. The lowest BCUT2D eigenvalue weighted by Gasteiger charge is -2.34. The van der Waals surface area contributed by atoms with E-state index in [9.17, 15) is 9.59 Å². The van der Waals surface area contributed by atoms with Gasteiger partial charge in [0.1, 0.15) is 23.3 Å². The fourth-order valence-electron chi connectivity index (χ4n) is 8.24. The predicted octanol–water partition coefficient (Wildman–Crippen LogP) is 7.77. The molecular formula is C44H63N11O4. The molecule has 0 bridgehead atoms. The molecule has 0 unspecified atom stereocenters. The van der Waals surface area contributed by atoms with Crippen LogP contribution in [0.3, 0.4) is 0 Å². The highest BCUT2D eigenvalue weighted by molar-refractivity contribution is 5.77. The Bertz CT molecular complexity index is 2220. The molecule has 318 valence electrons. The van der Waals surface area contributed by atoms with Crippen molar-refractivity contribution in [1.29, 1.82) is 0 Å². The van der Waals surface area contributed by atoms with Crippen LogP contribution in [-0.2, 0) is 38.9 Å². The molecule has 1 saturated heterocycles. The summed E-state index contributed by atoms with van der Waals surface area (Å²) in [5.41, 5.74) is 2.68. The average Bonchev–Trinajstić information content (AvgIpc) is 3.90. The van der Waals surface area contributed by atoms with E-state index in [4.69, 9.17) is 19.1 Å². The monoisotopic (exact) mass is 810 g/mol. The van der Waals surface area contributed by atoms with Crippen LogP contribution >= 0.6 is 0 Å². The van der Waals surface area contributed by atoms with Crippen molar-refractivity contribution in [2.24, 2.45) is 5.41 Å². The molecule has 6 heterocycles. The van der Waals surface area contributed by atoms with Crippen molar-refractivity contribution in [3.63, 3.8) is 0 Å². The van der Waals surface area contributed by atoms with Crippen LogP contribution in [0.2, 0.25) is 0 Å². The second-order valence-electron chi connectivity index (χ2n) is 18.1. The molecule has 1 saturated carbocycles. The number of carbonyl (C=O) groups excluding carboxylic acids is 1. The minimum absolute atomic E-state index is 0.0682. The van der Waals surface area contributed by atoms with Gasteiger partial charge >= 0.3 is 11.7 Å². The first-order chi connectivity index (χ1) is 28.0. The van der Waals surface area contributed by atoms with Gasteiger partial charge in [0, 0.05) is 36.4 Å². The maximum Gasteiger partial charge on any atom is 0.434 e. The largest absolute Gasteiger partial charge is 0.466 e. The summed E-state index contributed by atoms with van der Waals surface area (Å²) in [6, 6.07) is 16.0. The Kier molecular flexibility index (Phi) is 13.1. The number of piperidine rings is 1. The third-order valence-electron chi connectivity index (χ3n) is 11.1. The van der Waals surface area contributed by atoms with Crippen molar-refractivity contribution in [2.45, 2.75) is 137 Å². The number of H-pyrrole nitrogens is 1. The van der Waals surface area contributed by atoms with Crippen LogP contribution in [0.15, 0.2) is 57.7 Å². The van der Waals surface area contributed by atoms with Crippen LogP contribution < -0.4 is 21.7 Å². The quantitative estimate of drug-likeness (QED) is 0.0953. The molecule has 7 rings (SSSR count). The summed E-state index contributed by atoms with van der Waals surface area (Å²) in [6.07, 6.45) is 8.01. The Labute approximate surface area is 347 Å². The Hall–Kier alpha value is -5.31. The first kappa shape index (κ1) is 43.3. The number of hydrogen-bond acceptors (Lipinski definition) is 12. The van der Waals surface area contributed by atoms with Gasteiger partial charge in [0.05, 0.1) is 39.9 Å². The maximum atomic E-state index is 12.8. The van der Waals surface area contributed by atoms with Gasteiger partial charge in [0.25, 0.3) is 0 Å². The topological polar surface area (TPSA) is 183 Å². The Morgan fingerprint density at radius 1 is 0.797 bits per heavy atom. The minimum atomic E-state index is -0.517. The van der Waals surface area contributed by atoms with E-state index in [1.807, 2.05) is 78.7 Å². The van der Waals surface area contributed by atoms with E-state index in [1.54, 1.807) is 0 Å². The third kappa shape index (κ3) is 10.7. The Morgan fingerprint density at radius 2 is 1.32 bits per heavy atom. The molecule has 2 fully saturated rings. The third-order valence-corrected chi connectivity index (χ3v) is 11.1. The fourth-order valence-corrected chi connectivity index (χ4v) is 8.24. The summed E-state index contributed by atoms with van der Waals surface area (Å²) in [7, 11) is 0. The molecule has 0 aromatic carbocycles. The van der Waals surface area contributed by atoms with Gasteiger partial charge in [-0.3, -0.25) is 4.79 Å². The van der Waals surface area contributed by atoms with Crippen LogP contribution in [0.1, 0.15) is 122 Å². The van der Waals surface area contributed by atoms with E-state index >= 15 is 0 Å². The molecule has 5 aromatic rings. The number of anilines is 4. The zero-order chi connectivity index (χ0) is 42.4. The van der Waals surface area contributed by atoms with Gasteiger partial charge in [-0.1, -0.05) is 31.4 Å². The van der Waals surface area contributed by atoms with Crippen LogP contribution in [0.4, 0.5) is 23.3 Å². The summed E-state index contributed by atoms with van der Waals surface area (Å²) in [4.78, 5) is 34.0. The van der Waals surface area contributed by atoms with E-state index < -0.39 is 11.2 Å². The maximum absolute atomic E-state index is 12.8. The van der Waals surface area contributed by atoms with Gasteiger partial charge in [-0.15, -0.1) is 5.10 Å². The second-order valence-corrected chi connectivity index (χ2v) is 18.1. The van der Waals surface area contributed by atoms with E-state index in [2.05, 4.69) is 77.9 Å². The normalized spacial score (nSPS) is 16.5. The number of pyridine rings is 2. The molecule has 0 atom stereocenters. The molecule has 15 nitrogen and oxygen atoms in total. The Balaban J connectivity index is 0.000000199. The molecule has 15 heteroatoms. The molecule has 0 amide bonds. The summed E-state index contributed by atoms with van der Waals surface area (Å²) in [5.74, 6) is 3.22. The number of ether oxygens (including phenoxy) is 1. The SMILES string of the molecule is CCOC(=O)C1(Cc2cccc(Nc3cc(C)nn3C(C)(C)C)n2)CCCCC1.Cc1cc(Nc2cccc(CC3(c4n[nH]c(=O)o4)CCNCC3)n2)n(C(C)(C)C)n1. The van der Waals surface area contributed by atoms with Crippen molar-refractivity contribution in [3.8, 4) is 0 Å². The number of hydrogen-bond donors (Lipinski definition) is 4. The summed E-state index contributed by atoms with van der Waals surface area (Å²) in [6.45, 7) is 20.7. The number of aryl methyl sites for hydroxylation is 2. The number of esters is 1. The van der Waals surface area contributed by atoms with Crippen LogP contribution in [-0.4, -0.2) is 65.4 Å². The van der Waals surface area contributed by atoms with E-state index in [1.165, 1.54) is 6.42 Å². The molecule has 5 aromatic heterocycles. The lowest BCUT2D eigenvalue weighted by Crippen LogP contribution is -2.42. The number of aromatic nitrogens is 8. The molecule has 1 aliphatic heterocycles. The highest BCUT2D eigenvalue weighted by Crippen LogP contribution is 2.41. The number of nitrogens with one attached hydrogen (secondary N) is 4. The second kappa shape index (κ2) is 17.9. The molecule has 0 spiro atoms. The van der Waals surface area contributed by atoms with E-state index in [0.29, 0.717) is 25.3 Å². The highest BCUT2D eigenvalue weighted by Gasteiger charge is 2.42. The zero-order valence-corrected chi connectivity index (χ0v) is 36.4. The molecule has 4 N–H and O–H groups in total. The lowest BCUT2D eigenvalue weighted by atomic mass is 9.71. The zero-order valence-electron chi connectivity index (χ0n) is 36.4. The van der Waals surface area contributed by atoms with Gasteiger partial charge in [-0.2, -0.15) is 10.2 Å². The number of rotatable bonds is 11. The van der Waals surface area contributed by atoms with Gasteiger partial charge < -0.3 is 25.1 Å². The lowest BCUT2D eigenvalue weighted by molar-refractivity contribution is -0.157. The summed E-state index contributed by atoms with van der Waals surface area (Å²) in [5, 5.41) is 26.0. The highest BCUT2D eigenvalue weighted by atomic mass is 16.5. The summed E-state index contributed by atoms with van der Waals surface area (Å²) >= 11 is 0. The average molecular weight is 810 g/mol. The minimum Gasteiger partial charge on any atom is -0.466 e. The van der Waals surface area contributed by atoms with Crippen molar-refractivity contribution < 1.29 is 13.9 Å². The standard InChI is InChI=1S/C23H34N4O2.C21H29N7O2/c1-6-29-21(28)23(13-8-7-9-14-23)16-18-11-10-12-19(24-18)25-20-15-17(2)26-27(20)22(3,4)5;1-14-12-17(28(27-14)20(2,3)4)24-16-7-5-6-15(23-16)13-21(8-10-22-11-9-21)18-25-26-19(29)30-18/h10-12,15H,6-9,13-14,16H2,1-5H3,(H,24,25);5-7,12,22H,8-11,13H2,1-4H3,(H,23,24)(H,26,29). The van der Waals surface area contributed by atoms with E-state index in [-0.39, 0.29) is 22.5 Å². The van der Waals surface area contributed by atoms with Crippen molar-refractivity contribution in [3.05, 3.63) is 87.7 Å². The van der Waals surface area contributed by atoms with Crippen molar-refractivity contribution >= 4 is 29.2 Å². The van der Waals surface area contributed by atoms with Crippen molar-refractivity contribution in [2.75, 3.05) is 30.3 Å². The number of carbonyl (C=O) groups is 1. The first-order valence-electron chi connectivity index (χ1n) is 21.0. The fraction of sp³-hybridized carbons (Fsp3) is 0.568. The van der Waals surface area contributed by atoms with Crippen LogP contribution in [0, 0.1) is 19.3 Å². The van der Waals surface area contributed by atoms with Gasteiger partial charge in [-0.25, -0.2) is 29.2 Å². The van der Waals surface area contributed by atoms with Gasteiger partial charge in [0.15, 0.2) is 0 Å². The predicted molar refractivity (Wildman–Crippen MR) is 229 cm³/mol. The molecule has 59 heavy (non-hydrogen) atoms. The smallest absolute Gasteiger partial charge is 0.434 e. The van der Waals surface area contributed by atoms with Gasteiger partial charge in [-0.05, 0) is 125 Å². The Morgan fingerprint density at radius 3 is 1.80 bits per heavy atom. The molecular weight excluding hydrogens is 747 g/mol. The number of aromatic amines is 1. The molecule has 2 aliphatic rings. The van der Waals surface area contributed by atoms with E-state index in [0.717, 1.165) is 97.7 Å². The van der Waals surface area contributed by atoms with Gasteiger partial charge in [0.2, 0.25) is 5.89 Å². The first-order valence-corrected chi connectivity index (χ1v) is 21.0. The van der Waals surface area contributed by atoms with Crippen molar-refractivity contribution in [1.82, 2.24) is 45.0 Å². The molecule has 0 radical (unpaired) electrons. The number of nitrogens with zero attached hydrogens (tertiary/aromatic N) is 7. The van der Waals surface area contributed by atoms with Crippen LogP contribution in [0.25, 0.3) is 0 Å². The van der Waals surface area contributed by atoms with Crippen LogP contribution in [0.5, 0.6) is 0 Å².